The summed E-state index contributed by atoms with van der Waals surface area (Å²) >= 11 is 0. The lowest BCUT2D eigenvalue weighted by molar-refractivity contribution is -0.136. The Morgan fingerprint density at radius 2 is 1.42 bits per heavy atom. The fourth-order valence-corrected chi connectivity index (χ4v) is 3.96. The number of halogens is 3. The van der Waals surface area contributed by atoms with Gasteiger partial charge in [-0.2, -0.15) is 13.2 Å². The standard InChI is InChI=1S/C26H26F3N3O/c1-24(2,3)17-14-19(25(4,5)16-10-7-6-8-11-16)23(33)21(15-17)32-30-20-13-9-12-18(22(20)31-32)26(27,28)29/h6-15,33H,1-5H3. The molecule has 172 valence electrons. The third-order valence-electron chi connectivity index (χ3n) is 6.06. The molecule has 7 heteroatoms. The third kappa shape index (κ3) is 4.08. The van der Waals surface area contributed by atoms with Gasteiger partial charge in [0.2, 0.25) is 0 Å². The summed E-state index contributed by atoms with van der Waals surface area (Å²) in [6.07, 6.45) is -4.56. The van der Waals surface area contributed by atoms with Gasteiger partial charge in [0.05, 0.1) is 5.56 Å². The number of benzene rings is 3. The molecule has 4 nitrogen and oxygen atoms in total. The van der Waals surface area contributed by atoms with Crippen molar-refractivity contribution in [3.63, 3.8) is 0 Å². The van der Waals surface area contributed by atoms with Gasteiger partial charge in [-0.15, -0.1) is 15.0 Å². The number of hydrogen-bond donors (Lipinski definition) is 1. The highest BCUT2D eigenvalue weighted by atomic mass is 19.4. The zero-order valence-corrected chi connectivity index (χ0v) is 19.2. The molecule has 0 amide bonds. The summed E-state index contributed by atoms with van der Waals surface area (Å²) in [6, 6.07) is 17.2. The van der Waals surface area contributed by atoms with E-state index in [0.29, 0.717) is 5.56 Å². The van der Waals surface area contributed by atoms with Gasteiger partial charge in [0.1, 0.15) is 22.5 Å². The maximum absolute atomic E-state index is 13.5. The van der Waals surface area contributed by atoms with E-state index in [1.54, 1.807) is 6.07 Å². The molecule has 4 aromatic rings. The summed E-state index contributed by atoms with van der Waals surface area (Å²) < 4.78 is 40.5. The number of rotatable bonds is 3. The average molecular weight is 454 g/mol. The van der Waals surface area contributed by atoms with Crippen molar-refractivity contribution in [1.29, 1.82) is 0 Å². The first kappa shape index (κ1) is 22.8. The van der Waals surface area contributed by atoms with Crippen LogP contribution < -0.4 is 0 Å². The Labute approximate surface area is 190 Å². The van der Waals surface area contributed by atoms with Crippen LogP contribution in [-0.4, -0.2) is 20.1 Å². The first-order valence-electron chi connectivity index (χ1n) is 10.7. The molecule has 0 spiro atoms. The van der Waals surface area contributed by atoms with Gasteiger partial charge in [-0.1, -0.05) is 77.1 Å². The number of nitrogens with zero attached hydrogens (tertiary/aromatic N) is 3. The Bertz CT molecular complexity index is 1320. The topological polar surface area (TPSA) is 50.9 Å². The molecule has 0 aliphatic carbocycles. The van der Waals surface area contributed by atoms with Gasteiger partial charge in [-0.05, 0) is 34.7 Å². The van der Waals surface area contributed by atoms with Gasteiger partial charge in [-0.25, -0.2) is 0 Å². The first-order valence-corrected chi connectivity index (χ1v) is 10.7. The molecule has 4 rings (SSSR count). The van der Waals surface area contributed by atoms with E-state index in [0.717, 1.165) is 22.0 Å². The zero-order chi connectivity index (χ0) is 24.2. The minimum Gasteiger partial charge on any atom is -0.505 e. The van der Waals surface area contributed by atoms with Gasteiger partial charge in [0.15, 0.2) is 0 Å². The number of hydrogen-bond acceptors (Lipinski definition) is 3. The van der Waals surface area contributed by atoms with Crippen molar-refractivity contribution in [2.45, 2.75) is 51.6 Å². The van der Waals surface area contributed by atoms with Crippen molar-refractivity contribution in [2.24, 2.45) is 0 Å². The smallest absolute Gasteiger partial charge is 0.418 e. The molecule has 0 fully saturated rings. The number of phenolic OH excluding ortho intramolecular Hbond substituents is 1. The minimum absolute atomic E-state index is 0.0642. The molecule has 0 aliphatic rings. The van der Waals surface area contributed by atoms with Crippen LogP contribution in [0.5, 0.6) is 5.75 Å². The SMILES string of the molecule is CC(C)(C)c1cc(-n2nc3cccc(C(F)(F)F)c3n2)c(O)c(C(C)(C)c2ccccc2)c1. The Morgan fingerprint density at radius 3 is 2.03 bits per heavy atom. The number of aromatic nitrogens is 3. The van der Waals surface area contributed by atoms with Crippen molar-refractivity contribution in [1.82, 2.24) is 15.0 Å². The van der Waals surface area contributed by atoms with Crippen LogP contribution in [0, 0.1) is 0 Å². The summed E-state index contributed by atoms with van der Waals surface area (Å²) in [5, 5.41) is 19.8. The largest absolute Gasteiger partial charge is 0.505 e. The van der Waals surface area contributed by atoms with Crippen LogP contribution >= 0.6 is 0 Å². The lowest BCUT2D eigenvalue weighted by atomic mass is 9.75. The van der Waals surface area contributed by atoms with Crippen LogP contribution in [0.1, 0.15) is 56.9 Å². The number of phenols is 1. The molecule has 1 heterocycles. The van der Waals surface area contributed by atoms with Crippen LogP contribution in [0.4, 0.5) is 13.2 Å². The molecule has 0 saturated carbocycles. The predicted octanol–water partition coefficient (Wildman–Crippen LogP) is 6.77. The van der Waals surface area contributed by atoms with E-state index >= 15 is 0 Å². The average Bonchev–Trinajstić information content (AvgIpc) is 3.16. The van der Waals surface area contributed by atoms with Crippen molar-refractivity contribution in [2.75, 3.05) is 0 Å². The highest BCUT2D eigenvalue weighted by molar-refractivity contribution is 5.78. The molecule has 0 saturated heterocycles. The molecular weight excluding hydrogens is 427 g/mol. The third-order valence-corrected chi connectivity index (χ3v) is 6.06. The number of alkyl halides is 3. The maximum Gasteiger partial charge on any atom is 0.418 e. The fraction of sp³-hybridized carbons (Fsp3) is 0.308. The molecule has 33 heavy (non-hydrogen) atoms. The van der Waals surface area contributed by atoms with Crippen LogP contribution in [0.3, 0.4) is 0 Å². The Hall–Kier alpha value is -3.35. The molecular formula is C26H26F3N3O. The van der Waals surface area contributed by atoms with Gasteiger partial charge in [0.25, 0.3) is 0 Å². The normalized spacial score (nSPS) is 13.0. The second-order valence-electron chi connectivity index (χ2n) is 9.79. The maximum atomic E-state index is 13.5. The number of fused-ring (bicyclic) bond motifs is 1. The fourth-order valence-electron chi connectivity index (χ4n) is 3.96. The van der Waals surface area contributed by atoms with Crippen molar-refractivity contribution >= 4 is 11.0 Å². The van der Waals surface area contributed by atoms with E-state index < -0.39 is 17.2 Å². The lowest BCUT2D eigenvalue weighted by Gasteiger charge is -2.30. The van der Waals surface area contributed by atoms with E-state index in [9.17, 15) is 18.3 Å². The van der Waals surface area contributed by atoms with Gasteiger partial charge < -0.3 is 5.11 Å². The molecule has 1 aromatic heterocycles. The molecule has 0 aliphatic heterocycles. The summed E-state index contributed by atoms with van der Waals surface area (Å²) in [5.41, 5.74) is 0.922. The van der Waals surface area contributed by atoms with E-state index in [4.69, 9.17) is 0 Å². The molecule has 0 unspecified atom stereocenters. The molecule has 0 radical (unpaired) electrons. The Kier molecular flexibility index (Phi) is 5.26. The second-order valence-corrected chi connectivity index (χ2v) is 9.79. The molecule has 0 atom stereocenters. The van der Waals surface area contributed by atoms with Crippen molar-refractivity contribution < 1.29 is 18.3 Å². The van der Waals surface area contributed by atoms with E-state index in [1.807, 2.05) is 71.0 Å². The Morgan fingerprint density at radius 1 is 0.758 bits per heavy atom. The van der Waals surface area contributed by atoms with Crippen LogP contribution in [0.2, 0.25) is 0 Å². The van der Waals surface area contributed by atoms with Crippen LogP contribution in [0.15, 0.2) is 60.7 Å². The van der Waals surface area contributed by atoms with E-state index in [1.165, 1.54) is 12.1 Å². The molecule has 1 N–H and O–H groups in total. The second kappa shape index (κ2) is 7.61. The van der Waals surface area contributed by atoms with Crippen molar-refractivity contribution in [3.8, 4) is 11.4 Å². The molecule has 0 bridgehead atoms. The Balaban J connectivity index is 1.99. The summed E-state index contributed by atoms with van der Waals surface area (Å²) in [4.78, 5) is 1.11. The first-order chi connectivity index (χ1) is 15.3. The van der Waals surface area contributed by atoms with Crippen molar-refractivity contribution in [3.05, 3.63) is 82.9 Å². The summed E-state index contributed by atoms with van der Waals surface area (Å²) in [5.74, 6) is -0.0642. The van der Waals surface area contributed by atoms with E-state index in [-0.39, 0.29) is 27.9 Å². The zero-order valence-electron chi connectivity index (χ0n) is 19.2. The quantitative estimate of drug-likeness (QED) is 0.372. The van der Waals surface area contributed by atoms with Gasteiger partial charge in [-0.3, -0.25) is 0 Å². The van der Waals surface area contributed by atoms with Gasteiger partial charge >= 0.3 is 6.18 Å². The molecule has 3 aromatic carbocycles. The van der Waals surface area contributed by atoms with E-state index in [2.05, 4.69) is 10.2 Å². The predicted molar refractivity (Wildman–Crippen MR) is 123 cm³/mol. The highest BCUT2D eigenvalue weighted by Crippen LogP contribution is 2.42. The lowest BCUT2D eigenvalue weighted by Crippen LogP contribution is -2.22. The summed E-state index contributed by atoms with van der Waals surface area (Å²) in [7, 11) is 0. The minimum atomic E-state index is -4.56. The van der Waals surface area contributed by atoms with Crippen LogP contribution in [-0.2, 0) is 17.0 Å². The van der Waals surface area contributed by atoms with Gasteiger partial charge in [0, 0.05) is 11.0 Å². The summed E-state index contributed by atoms with van der Waals surface area (Å²) in [6.45, 7) is 10.1. The highest BCUT2D eigenvalue weighted by Gasteiger charge is 2.35. The monoisotopic (exact) mass is 453 g/mol. The van der Waals surface area contributed by atoms with Crippen LogP contribution in [0.25, 0.3) is 16.7 Å². The number of aromatic hydroxyl groups is 1.